The minimum absolute atomic E-state index is 0.0243. The Balaban J connectivity index is 1.36. The van der Waals surface area contributed by atoms with Gasteiger partial charge in [-0.3, -0.25) is 14.4 Å². The van der Waals surface area contributed by atoms with E-state index < -0.39 is 17.0 Å². The van der Waals surface area contributed by atoms with Gasteiger partial charge in [0.25, 0.3) is 16.8 Å². The summed E-state index contributed by atoms with van der Waals surface area (Å²) in [6, 6.07) is 14.1. The molecule has 2 aliphatic heterocycles. The first-order valence-corrected chi connectivity index (χ1v) is 10.9. The van der Waals surface area contributed by atoms with Gasteiger partial charge in [-0.25, -0.2) is 0 Å². The Bertz CT molecular complexity index is 1270. The molecular formula is C25H24N2O6. The molecule has 0 unspecified atom stereocenters. The number of aromatic hydroxyl groups is 1. The number of rotatable bonds is 7. The Morgan fingerprint density at radius 2 is 1.85 bits per heavy atom. The van der Waals surface area contributed by atoms with Gasteiger partial charge in [-0.15, -0.1) is 0 Å². The lowest BCUT2D eigenvalue weighted by Gasteiger charge is -2.54. The fourth-order valence-corrected chi connectivity index (χ4v) is 4.40. The molecule has 3 aromatic rings. The Morgan fingerprint density at radius 1 is 1.12 bits per heavy atom. The number of nitrogens with zero attached hydrogens (tertiary/aromatic N) is 1. The van der Waals surface area contributed by atoms with E-state index in [4.69, 9.17) is 9.47 Å². The fourth-order valence-electron chi connectivity index (χ4n) is 4.40. The highest BCUT2D eigenvalue weighted by Crippen LogP contribution is 2.40. The summed E-state index contributed by atoms with van der Waals surface area (Å²) in [5.74, 6) is -0.630. The van der Waals surface area contributed by atoms with E-state index in [1.165, 1.54) is 6.07 Å². The van der Waals surface area contributed by atoms with Crippen molar-refractivity contribution in [1.29, 1.82) is 0 Å². The quantitative estimate of drug-likeness (QED) is 0.423. The van der Waals surface area contributed by atoms with Crippen LogP contribution >= 0.6 is 0 Å². The van der Waals surface area contributed by atoms with Gasteiger partial charge >= 0.3 is 0 Å². The van der Waals surface area contributed by atoms with Gasteiger partial charge in [-0.2, -0.15) is 0 Å². The Hall–Kier alpha value is -3.65. The van der Waals surface area contributed by atoms with Crippen molar-refractivity contribution in [1.82, 2.24) is 4.90 Å². The van der Waals surface area contributed by atoms with Crippen LogP contribution in [0.3, 0.4) is 0 Å². The zero-order valence-corrected chi connectivity index (χ0v) is 18.2. The number of amides is 1. The normalized spacial score (nSPS) is 17.3. The van der Waals surface area contributed by atoms with Gasteiger partial charge in [0, 0.05) is 13.1 Å². The highest BCUT2D eigenvalue weighted by atomic mass is 16.5. The number of hydrogen-bond acceptors (Lipinski definition) is 7. The molecule has 2 saturated heterocycles. The highest BCUT2D eigenvalue weighted by Gasteiger charge is 2.51. The molecule has 170 valence electrons. The van der Waals surface area contributed by atoms with Crippen LogP contribution in [0.1, 0.15) is 35.4 Å². The summed E-state index contributed by atoms with van der Waals surface area (Å²) < 4.78 is 11.1. The zero-order valence-electron chi connectivity index (χ0n) is 18.2. The van der Waals surface area contributed by atoms with E-state index in [1.54, 1.807) is 17.0 Å². The summed E-state index contributed by atoms with van der Waals surface area (Å²) in [4.78, 5) is 39.0. The van der Waals surface area contributed by atoms with Crippen LogP contribution in [0.15, 0.2) is 58.1 Å². The molecule has 3 aromatic carbocycles. The Morgan fingerprint density at radius 3 is 2.48 bits per heavy atom. The molecule has 2 heterocycles. The number of phenols is 1. The van der Waals surface area contributed by atoms with Crippen molar-refractivity contribution in [2.45, 2.75) is 19.4 Å². The molecule has 0 aromatic heterocycles. The molecule has 0 saturated carbocycles. The third-order valence-electron chi connectivity index (χ3n) is 6.35. The third-order valence-corrected chi connectivity index (χ3v) is 6.35. The molecule has 1 amide bonds. The van der Waals surface area contributed by atoms with Crippen molar-refractivity contribution in [3.63, 3.8) is 0 Å². The highest BCUT2D eigenvalue weighted by molar-refractivity contribution is 5.99. The van der Waals surface area contributed by atoms with Crippen molar-refractivity contribution >= 4 is 17.3 Å². The maximum absolute atomic E-state index is 12.9. The van der Waals surface area contributed by atoms with E-state index in [2.05, 4.69) is 5.32 Å². The number of carbonyl (C=O) groups excluding carboxylic acids is 1. The average molecular weight is 448 g/mol. The van der Waals surface area contributed by atoms with Crippen molar-refractivity contribution in [2.24, 2.45) is 5.41 Å². The molecule has 0 radical (unpaired) electrons. The number of ether oxygens (including phenoxy) is 2. The van der Waals surface area contributed by atoms with Gasteiger partial charge in [0.2, 0.25) is 0 Å². The molecule has 2 fully saturated rings. The second-order valence-corrected chi connectivity index (χ2v) is 8.77. The molecule has 0 aliphatic carbocycles. The minimum Gasteiger partial charge on any atom is -0.505 e. The van der Waals surface area contributed by atoms with Crippen molar-refractivity contribution < 1.29 is 19.4 Å². The SMILES string of the molecule is CC[C@@H](Oc1c(Nc2cccc(C(=O)N3CC4(COC4)C3)c2O)c(=O)c1=O)c1ccccc1. The number of likely N-dealkylation sites (tertiary alicyclic amines) is 1. The van der Waals surface area contributed by atoms with Gasteiger partial charge in [-0.05, 0) is 24.1 Å². The van der Waals surface area contributed by atoms with Crippen molar-refractivity contribution in [2.75, 3.05) is 31.6 Å². The van der Waals surface area contributed by atoms with Crippen LogP contribution in [0.4, 0.5) is 11.4 Å². The van der Waals surface area contributed by atoms with E-state index in [0.29, 0.717) is 32.7 Å². The largest absolute Gasteiger partial charge is 0.505 e. The maximum atomic E-state index is 12.9. The van der Waals surface area contributed by atoms with E-state index >= 15 is 0 Å². The summed E-state index contributed by atoms with van der Waals surface area (Å²) in [7, 11) is 0. The van der Waals surface area contributed by atoms with Crippen LogP contribution in [0.5, 0.6) is 11.5 Å². The first-order chi connectivity index (χ1) is 15.9. The number of benzene rings is 2. The van der Waals surface area contributed by atoms with Crippen molar-refractivity contribution in [3.05, 3.63) is 80.1 Å². The number of para-hydroxylation sites is 1. The first-order valence-electron chi connectivity index (χ1n) is 10.9. The Kier molecular flexibility index (Phi) is 5.17. The predicted molar refractivity (Wildman–Crippen MR) is 122 cm³/mol. The summed E-state index contributed by atoms with van der Waals surface area (Å²) in [6.07, 6.45) is 0.200. The lowest BCUT2D eigenvalue weighted by Crippen LogP contribution is -2.67. The molecule has 8 nitrogen and oxygen atoms in total. The number of hydrogen-bond donors (Lipinski definition) is 2. The fraction of sp³-hybridized carbons (Fsp3) is 0.320. The summed E-state index contributed by atoms with van der Waals surface area (Å²) >= 11 is 0. The van der Waals surface area contributed by atoms with Gasteiger partial charge in [0.1, 0.15) is 11.8 Å². The molecule has 1 atom stereocenters. The number of carbonyl (C=O) groups is 1. The van der Waals surface area contributed by atoms with E-state index in [-0.39, 0.29) is 39.8 Å². The average Bonchev–Trinajstić information content (AvgIpc) is 2.78. The topological polar surface area (TPSA) is 105 Å². The van der Waals surface area contributed by atoms with Gasteiger partial charge in [0.15, 0.2) is 11.5 Å². The van der Waals surface area contributed by atoms with Gasteiger partial charge < -0.3 is 24.8 Å². The van der Waals surface area contributed by atoms with Gasteiger partial charge in [0.05, 0.1) is 29.9 Å². The minimum atomic E-state index is -0.723. The number of anilines is 2. The summed E-state index contributed by atoms with van der Waals surface area (Å²) in [6.45, 7) is 4.42. The molecule has 8 heteroatoms. The van der Waals surface area contributed by atoms with Crippen LogP contribution < -0.4 is 20.9 Å². The summed E-state index contributed by atoms with van der Waals surface area (Å²) in [5, 5.41) is 13.6. The smallest absolute Gasteiger partial charge is 0.272 e. The van der Waals surface area contributed by atoms with Crippen LogP contribution in [-0.2, 0) is 4.74 Å². The van der Waals surface area contributed by atoms with E-state index in [9.17, 15) is 19.5 Å². The lowest BCUT2D eigenvalue weighted by atomic mass is 9.77. The molecule has 1 spiro atoms. The first kappa shape index (κ1) is 21.2. The predicted octanol–water partition coefficient (Wildman–Crippen LogP) is 2.73. The summed E-state index contributed by atoms with van der Waals surface area (Å²) in [5.41, 5.74) is -0.223. The zero-order chi connectivity index (χ0) is 23.2. The number of nitrogens with one attached hydrogen (secondary N) is 1. The van der Waals surface area contributed by atoms with Crippen LogP contribution in [0.25, 0.3) is 0 Å². The second-order valence-electron chi connectivity index (χ2n) is 8.77. The molecule has 2 aliphatic rings. The molecule has 5 rings (SSSR count). The van der Waals surface area contributed by atoms with E-state index in [1.807, 2.05) is 37.3 Å². The molecule has 2 N–H and O–H groups in total. The van der Waals surface area contributed by atoms with Crippen LogP contribution in [0.2, 0.25) is 0 Å². The van der Waals surface area contributed by atoms with Crippen LogP contribution in [0, 0.1) is 5.41 Å². The van der Waals surface area contributed by atoms with Gasteiger partial charge in [-0.1, -0.05) is 43.3 Å². The molecule has 0 bridgehead atoms. The standard InChI is InChI=1S/C25H24N2O6/c1-2-18(15-7-4-3-5-8-15)33-23-19(21(29)22(23)30)26-17-10-6-9-16(20(17)28)24(31)27-11-25(12-27)13-32-14-25/h3-10,18,26,28H,2,11-14H2,1H3/t18-/m1/s1. The molecular weight excluding hydrogens is 424 g/mol. The maximum Gasteiger partial charge on any atom is 0.272 e. The second kappa shape index (κ2) is 8.04. The Labute approximate surface area is 190 Å². The van der Waals surface area contributed by atoms with E-state index in [0.717, 1.165) is 5.56 Å². The monoisotopic (exact) mass is 448 g/mol. The third kappa shape index (κ3) is 3.56. The molecule has 33 heavy (non-hydrogen) atoms. The number of phenolic OH excluding ortho intramolecular Hbond substituents is 1. The van der Waals surface area contributed by atoms with Crippen LogP contribution in [-0.4, -0.2) is 42.2 Å². The van der Waals surface area contributed by atoms with Crippen molar-refractivity contribution in [3.8, 4) is 11.5 Å². The lowest BCUT2D eigenvalue weighted by molar-refractivity contribution is -0.176.